The van der Waals surface area contributed by atoms with E-state index in [1.54, 1.807) is 18.2 Å². The van der Waals surface area contributed by atoms with Crippen molar-refractivity contribution in [2.75, 3.05) is 0 Å². The first-order valence-electron chi connectivity index (χ1n) is 6.81. The van der Waals surface area contributed by atoms with E-state index >= 15 is 0 Å². The zero-order valence-electron chi connectivity index (χ0n) is 11.7. The summed E-state index contributed by atoms with van der Waals surface area (Å²) in [6, 6.07) is 19.1. The first-order chi connectivity index (χ1) is 10.7. The van der Waals surface area contributed by atoms with Gasteiger partial charge in [-0.2, -0.15) is 5.10 Å². The third kappa shape index (κ3) is 3.01. The van der Waals surface area contributed by atoms with Crippen LogP contribution in [0.2, 0.25) is 0 Å². The second kappa shape index (κ2) is 6.18. The van der Waals surface area contributed by atoms with Crippen molar-refractivity contribution in [3.8, 4) is 0 Å². The van der Waals surface area contributed by atoms with Crippen molar-refractivity contribution in [3.63, 3.8) is 0 Å². The number of halogens is 1. The number of nitrogens with zero attached hydrogens (tertiary/aromatic N) is 1. The van der Waals surface area contributed by atoms with Gasteiger partial charge in [0, 0.05) is 5.56 Å². The summed E-state index contributed by atoms with van der Waals surface area (Å²) < 4.78 is 12.8. The molecule has 0 unspecified atom stereocenters. The topological polar surface area (TPSA) is 41.5 Å². The smallest absolute Gasteiger partial charge is 0.267 e. The number of benzene rings is 3. The summed E-state index contributed by atoms with van der Waals surface area (Å²) in [5, 5.41) is 5.78. The van der Waals surface area contributed by atoms with Gasteiger partial charge >= 0.3 is 0 Å². The highest BCUT2D eigenvalue weighted by Gasteiger charge is 2.08. The fourth-order valence-corrected chi connectivity index (χ4v) is 2.20. The van der Waals surface area contributed by atoms with E-state index in [-0.39, 0.29) is 11.7 Å². The van der Waals surface area contributed by atoms with E-state index in [4.69, 9.17) is 0 Å². The van der Waals surface area contributed by atoms with E-state index in [0.717, 1.165) is 10.8 Å². The van der Waals surface area contributed by atoms with Crippen LogP contribution in [0.4, 0.5) is 4.39 Å². The van der Waals surface area contributed by atoms with Crippen LogP contribution in [0.25, 0.3) is 10.8 Å². The van der Waals surface area contributed by atoms with E-state index in [0.29, 0.717) is 11.1 Å². The highest BCUT2D eigenvalue weighted by Crippen LogP contribution is 2.18. The Hall–Kier alpha value is -3.01. The van der Waals surface area contributed by atoms with Gasteiger partial charge in [-0.3, -0.25) is 4.79 Å². The Morgan fingerprint density at radius 1 is 0.955 bits per heavy atom. The number of hydrogen-bond acceptors (Lipinski definition) is 2. The maximum atomic E-state index is 12.8. The zero-order chi connectivity index (χ0) is 15.4. The van der Waals surface area contributed by atoms with Crippen LogP contribution in [0.15, 0.2) is 71.8 Å². The Morgan fingerprint density at radius 3 is 2.50 bits per heavy atom. The van der Waals surface area contributed by atoms with Gasteiger partial charge in [-0.05, 0) is 34.5 Å². The van der Waals surface area contributed by atoms with Crippen molar-refractivity contribution < 1.29 is 9.18 Å². The number of fused-ring (bicyclic) bond motifs is 1. The molecule has 0 saturated carbocycles. The normalized spacial score (nSPS) is 11.0. The number of rotatable bonds is 3. The molecule has 0 heterocycles. The standard InChI is InChI=1S/C18H13FN2O/c19-15-10-8-13(9-11-15)12-20-21-18(22)17-7-3-5-14-4-1-2-6-16(14)17/h1-12H,(H,21,22). The number of hydrazone groups is 1. The van der Waals surface area contributed by atoms with Crippen LogP contribution < -0.4 is 5.43 Å². The van der Waals surface area contributed by atoms with Gasteiger partial charge in [-0.25, -0.2) is 9.82 Å². The van der Waals surface area contributed by atoms with Gasteiger partial charge < -0.3 is 0 Å². The Bertz CT molecular complexity index is 836. The van der Waals surface area contributed by atoms with Crippen molar-refractivity contribution in [1.29, 1.82) is 0 Å². The summed E-state index contributed by atoms with van der Waals surface area (Å²) in [5.41, 5.74) is 3.76. The molecule has 0 aromatic heterocycles. The molecule has 0 aliphatic heterocycles. The van der Waals surface area contributed by atoms with Crippen molar-refractivity contribution in [1.82, 2.24) is 5.43 Å². The Balaban J connectivity index is 1.77. The number of carbonyl (C=O) groups is 1. The minimum absolute atomic E-state index is 0.282. The Kier molecular flexibility index (Phi) is 3.92. The van der Waals surface area contributed by atoms with E-state index in [1.165, 1.54) is 18.3 Å². The average Bonchev–Trinajstić information content (AvgIpc) is 2.56. The van der Waals surface area contributed by atoms with Gasteiger partial charge in [0.2, 0.25) is 0 Å². The summed E-state index contributed by atoms with van der Waals surface area (Å²) in [4.78, 5) is 12.2. The van der Waals surface area contributed by atoms with Crippen LogP contribution in [0, 0.1) is 5.82 Å². The molecule has 0 aliphatic rings. The molecule has 3 nitrogen and oxygen atoms in total. The van der Waals surface area contributed by atoms with Crippen LogP contribution in [0.5, 0.6) is 0 Å². The molecule has 1 N–H and O–H groups in total. The summed E-state index contributed by atoms with van der Waals surface area (Å²) in [6.45, 7) is 0. The van der Waals surface area contributed by atoms with Gasteiger partial charge in [0.1, 0.15) is 5.82 Å². The lowest BCUT2D eigenvalue weighted by molar-refractivity contribution is 0.0957. The molecule has 3 aromatic rings. The number of nitrogens with one attached hydrogen (secondary N) is 1. The molecule has 3 aromatic carbocycles. The van der Waals surface area contributed by atoms with Crippen molar-refractivity contribution in [3.05, 3.63) is 83.7 Å². The number of amides is 1. The maximum Gasteiger partial charge on any atom is 0.271 e. The molecule has 0 bridgehead atoms. The Labute approximate surface area is 127 Å². The van der Waals surface area contributed by atoms with E-state index < -0.39 is 0 Å². The molecule has 108 valence electrons. The monoisotopic (exact) mass is 292 g/mol. The van der Waals surface area contributed by atoms with Crippen molar-refractivity contribution in [2.24, 2.45) is 5.10 Å². The predicted octanol–water partition coefficient (Wildman–Crippen LogP) is 3.74. The van der Waals surface area contributed by atoms with Gasteiger partial charge in [0.25, 0.3) is 5.91 Å². The highest BCUT2D eigenvalue weighted by molar-refractivity contribution is 6.07. The van der Waals surface area contributed by atoms with Crippen molar-refractivity contribution in [2.45, 2.75) is 0 Å². The molecule has 0 fully saturated rings. The van der Waals surface area contributed by atoms with Crippen LogP contribution in [0.1, 0.15) is 15.9 Å². The predicted molar refractivity (Wildman–Crippen MR) is 85.4 cm³/mol. The minimum Gasteiger partial charge on any atom is -0.267 e. The molecule has 0 spiro atoms. The molecule has 0 aliphatic carbocycles. The first kappa shape index (κ1) is 13.9. The maximum absolute atomic E-state index is 12.8. The van der Waals surface area contributed by atoms with Gasteiger partial charge in [0.15, 0.2) is 0 Å². The summed E-state index contributed by atoms with van der Waals surface area (Å²) in [5.74, 6) is -0.591. The molecular formula is C18H13FN2O. The molecule has 0 saturated heterocycles. The largest absolute Gasteiger partial charge is 0.271 e. The molecule has 0 atom stereocenters. The van der Waals surface area contributed by atoms with Crippen LogP contribution in [-0.4, -0.2) is 12.1 Å². The van der Waals surface area contributed by atoms with Gasteiger partial charge in [0.05, 0.1) is 6.21 Å². The average molecular weight is 292 g/mol. The summed E-state index contributed by atoms with van der Waals surface area (Å²) in [6.07, 6.45) is 1.47. The first-order valence-corrected chi connectivity index (χ1v) is 6.81. The molecule has 0 radical (unpaired) electrons. The minimum atomic E-state index is -0.308. The quantitative estimate of drug-likeness (QED) is 0.580. The van der Waals surface area contributed by atoms with Crippen LogP contribution in [-0.2, 0) is 0 Å². The second-order valence-corrected chi connectivity index (χ2v) is 4.78. The molecule has 4 heteroatoms. The van der Waals surface area contributed by atoms with E-state index in [1.807, 2.05) is 36.4 Å². The lowest BCUT2D eigenvalue weighted by Gasteiger charge is -2.04. The fraction of sp³-hybridized carbons (Fsp3) is 0. The second-order valence-electron chi connectivity index (χ2n) is 4.78. The molecule has 1 amide bonds. The van der Waals surface area contributed by atoms with Gasteiger partial charge in [-0.15, -0.1) is 0 Å². The molecule has 3 rings (SSSR count). The Morgan fingerprint density at radius 2 is 1.68 bits per heavy atom. The molecular weight excluding hydrogens is 279 g/mol. The summed E-state index contributed by atoms with van der Waals surface area (Å²) >= 11 is 0. The van der Waals surface area contributed by atoms with E-state index in [2.05, 4.69) is 10.5 Å². The van der Waals surface area contributed by atoms with Crippen molar-refractivity contribution >= 4 is 22.9 Å². The lowest BCUT2D eigenvalue weighted by Crippen LogP contribution is -2.17. The number of carbonyl (C=O) groups excluding carboxylic acids is 1. The third-order valence-electron chi connectivity index (χ3n) is 3.28. The fourth-order valence-electron chi connectivity index (χ4n) is 2.20. The van der Waals surface area contributed by atoms with Crippen LogP contribution in [0.3, 0.4) is 0 Å². The lowest BCUT2D eigenvalue weighted by atomic mass is 10.0. The number of hydrogen-bond donors (Lipinski definition) is 1. The third-order valence-corrected chi connectivity index (χ3v) is 3.28. The van der Waals surface area contributed by atoms with Gasteiger partial charge in [-0.1, -0.05) is 48.5 Å². The van der Waals surface area contributed by atoms with E-state index in [9.17, 15) is 9.18 Å². The molecule has 22 heavy (non-hydrogen) atoms. The zero-order valence-corrected chi connectivity index (χ0v) is 11.7. The summed E-state index contributed by atoms with van der Waals surface area (Å²) in [7, 11) is 0. The SMILES string of the molecule is O=C(NN=Cc1ccc(F)cc1)c1cccc2ccccc12. The highest BCUT2D eigenvalue weighted by atomic mass is 19.1. The van der Waals surface area contributed by atoms with Crippen LogP contribution >= 0.6 is 0 Å².